The van der Waals surface area contributed by atoms with Crippen molar-refractivity contribution in [3.63, 3.8) is 0 Å². The summed E-state index contributed by atoms with van der Waals surface area (Å²) < 4.78 is 5.28. The zero-order valence-electron chi connectivity index (χ0n) is 16.0. The molecule has 1 heterocycles. The molecule has 0 unspecified atom stereocenters. The number of hydrazine groups is 1. The van der Waals surface area contributed by atoms with Gasteiger partial charge < -0.3 is 10.1 Å². The quantitative estimate of drug-likeness (QED) is 0.382. The van der Waals surface area contributed by atoms with E-state index in [4.69, 9.17) is 16.3 Å². The van der Waals surface area contributed by atoms with Gasteiger partial charge in [-0.1, -0.05) is 23.7 Å². The smallest absolute Gasteiger partial charge is 0.355 e. The number of carbonyl (C=O) groups is 1. The Kier molecular flexibility index (Phi) is 6.28. The number of ether oxygens (including phenoxy) is 1. The van der Waals surface area contributed by atoms with E-state index in [0.717, 1.165) is 11.9 Å². The molecular weight excluding hydrogens is 412 g/mol. The summed E-state index contributed by atoms with van der Waals surface area (Å²) in [7, 11) is 1.49. The highest BCUT2D eigenvalue weighted by Crippen LogP contribution is 2.34. The van der Waals surface area contributed by atoms with Crippen LogP contribution in [0, 0.1) is 17.0 Å². The average Bonchev–Trinajstić information content (AvgIpc) is 2.72. The van der Waals surface area contributed by atoms with Crippen LogP contribution in [-0.4, -0.2) is 27.9 Å². The summed E-state index contributed by atoms with van der Waals surface area (Å²) in [6.45, 7) is 1.87. The van der Waals surface area contributed by atoms with Crippen molar-refractivity contribution in [3.05, 3.63) is 75.1 Å². The zero-order chi connectivity index (χ0) is 21.7. The van der Waals surface area contributed by atoms with Gasteiger partial charge >= 0.3 is 5.69 Å². The van der Waals surface area contributed by atoms with Gasteiger partial charge in [-0.05, 0) is 42.8 Å². The lowest BCUT2D eigenvalue weighted by Crippen LogP contribution is -2.30. The summed E-state index contributed by atoms with van der Waals surface area (Å²) in [6.07, 6.45) is 1.13. The molecule has 0 fully saturated rings. The molecule has 2 aromatic carbocycles. The Balaban J connectivity index is 1.87. The molecule has 3 rings (SSSR count). The fourth-order valence-electron chi connectivity index (χ4n) is 2.60. The third-order valence-corrected chi connectivity index (χ3v) is 4.23. The number of anilines is 3. The lowest BCUT2D eigenvalue weighted by atomic mass is 10.2. The molecule has 154 valence electrons. The molecule has 10 nitrogen and oxygen atoms in total. The Bertz CT molecular complexity index is 1110. The third-order valence-electron chi connectivity index (χ3n) is 3.99. The molecule has 3 aromatic rings. The maximum absolute atomic E-state index is 12.3. The molecule has 0 radical (unpaired) electrons. The molecule has 11 heteroatoms. The van der Waals surface area contributed by atoms with Gasteiger partial charge in [0.05, 0.1) is 17.7 Å². The second-order valence-electron chi connectivity index (χ2n) is 6.09. The maximum atomic E-state index is 12.3. The molecule has 0 bridgehead atoms. The standard InChI is InChI=1S/C19H17ClN6O4/c1-11-6-7-15(30-2)14(8-11)23-17-16(26(28)29)18(22-10-21-17)24-25-19(27)12-4-3-5-13(20)9-12/h3-10H,1-2H3,(H,25,27)(H2,21,22,23,24). The van der Waals surface area contributed by atoms with Crippen molar-refractivity contribution in [2.75, 3.05) is 17.9 Å². The van der Waals surface area contributed by atoms with E-state index < -0.39 is 16.5 Å². The van der Waals surface area contributed by atoms with Crippen molar-refractivity contribution < 1.29 is 14.5 Å². The van der Waals surface area contributed by atoms with Crippen molar-refractivity contribution >= 4 is 40.5 Å². The van der Waals surface area contributed by atoms with Gasteiger partial charge in [0, 0.05) is 10.6 Å². The third kappa shape index (κ3) is 4.73. The van der Waals surface area contributed by atoms with Gasteiger partial charge in [-0.3, -0.25) is 25.8 Å². The summed E-state index contributed by atoms with van der Waals surface area (Å²) in [5, 5.41) is 15.0. The molecule has 1 amide bonds. The van der Waals surface area contributed by atoms with Crippen LogP contribution < -0.4 is 20.9 Å². The highest BCUT2D eigenvalue weighted by atomic mass is 35.5. The molecular formula is C19H17ClN6O4. The fraction of sp³-hybridized carbons (Fsp3) is 0.105. The van der Waals surface area contributed by atoms with E-state index in [1.165, 1.54) is 13.2 Å². The molecule has 0 spiro atoms. The first-order chi connectivity index (χ1) is 14.4. The van der Waals surface area contributed by atoms with Crippen LogP contribution in [0.2, 0.25) is 5.02 Å². The molecule has 0 aliphatic carbocycles. The van der Waals surface area contributed by atoms with Gasteiger partial charge in [0.1, 0.15) is 12.1 Å². The number of methoxy groups -OCH3 is 1. The number of carbonyl (C=O) groups excluding carboxylic acids is 1. The molecule has 0 aliphatic rings. The van der Waals surface area contributed by atoms with Crippen LogP contribution in [0.1, 0.15) is 15.9 Å². The number of aromatic nitrogens is 2. The van der Waals surface area contributed by atoms with Crippen molar-refractivity contribution in [1.82, 2.24) is 15.4 Å². The fourth-order valence-corrected chi connectivity index (χ4v) is 2.79. The number of hydrogen-bond acceptors (Lipinski definition) is 8. The van der Waals surface area contributed by atoms with Crippen molar-refractivity contribution in [3.8, 4) is 5.75 Å². The molecule has 0 saturated heterocycles. The lowest BCUT2D eigenvalue weighted by Gasteiger charge is -2.13. The first-order valence-electron chi connectivity index (χ1n) is 8.62. The van der Waals surface area contributed by atoms with Crippen molar-refractivity contribution in [2.45, 2.75) is 6.92 Å². The van der Waals surface area contributed by atoms with Crippen LogP contribution in [0.4, 0.5) is 23.0 Å². The molecule has 0 atom stereocenters. The van der Waals surface area contributed by atoms with Crippen LogP contribution in [-0.2, 0) is 0 Å². The molecule has 1 aromatic heterocycles. The summed E-state index contributed by atoms with van der Waals surface area (Å²) >= 11 is 5.88. The zero-order valence-corrected chi connectivity index (χ0v) is 16.7. The maximum Gasteiger partial charge on any atom is 0.355 e. The highest BCUT2D eigenvalue weighted by Gasteiger charge is 2.24. The Morgan fingerprint density at radius 2 is 1.93 bits per heavy atom. The number of amides is 1. The number of hydrogen-bond donors (Lipinski definition) is 3. The van der Waals surface area contributed by atoms with E-state index in [1.807, 2.05) is 13.0 Å². The predicted octanol–water partition coefficient (Wildman–Crippen LogP) is 3.86. The summed E-state index contributed by atoms with van der Waals surface area (Å²) in [5.41, 5.74) is 6.07. The van der Waals surface area contributed by atoms with Crippen LogP contribution >= 0.6 is 11.6 Å². The van der Waals surface area contributed by atoms with Gasteiger partial charge in [0.2, 0.25) is 11.6 Å². The van der Waals surface area contributed by atoms with Crippen molar-refractivity contribution in [2.24, 2.45) is 0 Å². The summed E-state index contributed by atoms with van der Waals surface area (Å²) in [6, 6.07) is 11.6. The van der Waals surface area contributed by atoms with Gasteiger partial charge in [-0.25, -0.2) is 9.97 Å². The van der Waals surface area contributed by atoms with Crippen LogP contribution in [0.25, 0.3) is 0 Å². The van der Waals surface area contributed by atoms with Crippen molar-refractivity contribution in [1.29, 1.82) is 0 Å². The minimum Gasteiger partial charge on any atom is -0.495 e. The largest absolute Gasteiger partial charge is 0.495 e. The number of nitrogens with one attached hydrogen (secondary N) is 3. The van der Waals surface area contributed by atoms with E-state index in [1.54, 1.807) is 30.3 Å². The lowest BCUT2D eigenvalue weighted by molar-refractivity contribution is -0.383. The number of nitro groups is 1. The summed E-state index contributed by atoms with van der Waals surface area (Å²) in [5.74, 6) is -0.324. The molecule has 30 heavy (non-hydrogen) atoms. The number of rotatable bonds is 7. The Morgan fingerprint density at radius 1 is 1.17 bits per heavy atom. The van der Waals surface area contributed by atoms with Gasteiger partial charge in [0.25, 0.3) is 5.91 Å². The Hall–Kier alpha value is -3.92. The second kappa shape index (κ2) is 9.05. The normalized spacial score (nSPS) is 10.2. The number of nitrogens with zero attached hydrogens (tertiary/aromatic N) is 3. The second-order valence-corrected chi connectivity index (χ2v) is 6.53. The monoisotopic (exact) mass is 428 g/mol. The van der Waals surface area contributed by atoms with Gasteiger partial charge in [-0.15, -0.1) is 0 Å². The Labute approximate surface area is 176 Å². The predicted molar refractivity (Wildman–Crippen MR) is 112 cm³/mol. The summed E-state index contributed by atoms with van der Waals surface area (Å²) in [4.78, 5) is 31.2. The average molecular weight is 429 g/mol. The molecule has 0 aliphatic heterocycles. The minimum atomic E-state index is -0.654. The van der Waals surface area contributed by atoms with Crippen LogP contribution in [0.15, 0.2) is 48.8 Å². The van der Waals surface area contributed by atoms with Gasteiger partial charge in [0.15, 0.2) is 0 Å². The van der Waals surface area contributed by atoms with Crippen LogP contribution in [0.5, 0.6) is 5.75 Å². The van der Waals surface area contributed by atoms with E-state index in [0.29, 0.717) is 16.5 Å². The first-order valence-corrected chi connectivity index (χ1v) is 9.00. The van der Waals surface area contributed by atoms with Crippen LogP contribution in [0.3, 0.4) is 0 Å². The van der Waals surface area contributed by atoms with E-state index in [-0.39, 0.29) is 17.2 Å². The van der Waals surface area contributed by atoms with Gasteiger partial charge in [-0.2, -0.15) is 0 Å². The first kappa shape index (κ1) is 20.8. The minimum absolute atomic E-state index is 0.0709. The number of aryl methyl sites for hydroxylation is 1. The topological polar surface area (TPSA) is 131 Å². The molecule has 3 N–H and O–H groups in total. The molecule has 0 saturated carbocycles. The SMILES string of the molecule is COc1ccc(C)cc1Nc1ncnc(NNC(=O)c2cccc(Cl)c2)c1[N+](=O)[O-]. The number of benzene rings is 2. The van der Waals surface area contributed by atoms with E-state index in [9.17, 15) is 14.9 Å². The highest BCUT2D eigenvalue weighted by molar-refractivity contribution is 6.30. The van der Waals surface area contributed by atoms with E-state index >= 15 is 0 Å². The Morgan fingerprint density at radius 3 is 2.63 bits per heavy atom. The number of halogens is 1. The van der Waals surface area contributed by atoms with E-state index in [2.05, 4.69) is 26.1 Å².